The molecule has 2 aromatic carbocycles. The number of nitrogens with zero attached hydrogens (tertiary/aromatic N) is 2. The van der Waals surface area contributed by atoms with Crippen molar-refractivity contribution in [3.8, 4) is 11.5 Å². The molecule has 0 aliphatic carbocycles. The monoisotopic (exact) mass is 387 g/mol. The molecule has 0 unspecified atom stereocenters. The van der Waals surface area contributed by atoms with E-state index in [1.165, 1.54) is 18.2 Å². The fourth-order valence-electron chi connectivity index (χ4n) is 2.73. The van der Waals surface area contributed by atoms with E-state index in [0.717, 1.165) is 11.1 Å². The first kappa shape index (κ1) is 16.9. The summed E-state index contributed by atoms with van der Waals surface area (Å²) in [5.41, 5.74) is 2.26. The molecule has 0 radical (unpaired) electrons. The summed E-state index contributed by atoms with van der Waals surface area (Å²) < 4.78 is 10.3. The number of carbonyl (C=O) groups excluding carboxylic acids is 2. The molecule has 0 aromatic heterocycles. The van der Waals surface area contributed by atoms with Crippen LogP contribution in [-0.2, 0) is 9.59 Å². The quantitative estimate of drug-likeness (QED) is 0.375. The van der Waals surface area contributed by atoms with Gasteiger partial charge in [0.15, 0.2) is 11.5 Å². The lowest BCUT2D eigenvalue weighted by Crippen LogP contribution is -2.35. The van der Waals surface area contributed by atoms with Gasteiger partial charge in [-0.05, 0) is 30.3 Å². The largest absolute Gasteiger partial charge is 0.454 e. The highest BCUT2D eigenvalue weighted by Gasteiger charge is 2.35. The molecular weight excluding hydrogens is 378 g/mol. The number of ether oxygens (including phenoxy) is 2. The molecule has 2 heterocycles. The number of amides is 2. The Hall–Kier alpha value is -3.59. The second-order valence-corrected chi connectivity index (χ2v) is 6.08. The third-order valence-corrected chi connectivity index (χ3v) is 4.21. The van der Waals surface area contributed by atoms with Crippen LogP contribution >= 0.6 is 11.6 Å². The number of rotatable bonds is 3. The van der Waals surface area contributed by atoms with Gasteiger partial charge >= 0.3 is 0 Å². The number of fused-ring (bicyclic) bond motifs is 1. The topological polar surface area (TPSA) is 111 Å². The van der Waals surface area contributed by atoms with E-state index in [-0.39, 0.29) is 29.4 Å². The van der Waals surface area contributed by atoms with Crippen molar-refractivity contribution >= 4 is 40.9 Å². The number of anilines is 1. The molecule has 10 heteroatoms. The molecule has 9 nitrogen and oxygen atoms in total. The molecule has 0 spiro atoms. The number of halogens is 1. The first-order valence-corrected chi connectivity index (χ1v) is 8.02. The van der Waals surface area contributed by atoms with Crippen molar-refractivity contribution in [3.63, 3.8) is 0 Å². The molecule has 2 aromatic rings. The molecule has 136 valence electrons. The number of hydrazine groups is 1. The highest BCUT2D eigenvalue weighted by Crippen LogP contribution is 2.39. The Bertz CT molecular complexity index is 1040. The van der Waals surface area contributed by atoms with Crippen LogP contribution in [0.15, 0.2) is 42.0 Å². The molecule has 0 saturated carbocycles. The Morgan fingerprint density at radius 3 is 2.63 bits per heavy atom. The van der Waals surface area contributed by atoms with Crippen molar-refractivity contribution in [1.29, 1.82) is 0 Å². The van der Waals surface area contributed by atoms with Crippen molar-refractivity contribution in [2.24, 2.45) is 0 Å². The Labute approximate surface area is 156 Å². The molecule has 2 aliphatic rings. The summed E-state index contributed by atoms with van der Waals surface area (Å²) in [5, 5.41) is 12.8. The summed E-state index contributed by atoms with van der Waals surface area (Å²) in [5.74, 6) is -0.822. The minimum Gasteiger partial charge on any atom is -0.454 e. The Morgan fingerprint density at radius 2 is 1.93 bits per heavy atom. The van der Waals surface area contributed by atoms with Crippen LogP contribution in [-0.4, -0.2) is 23.5 Å². The molecule has 2 amide bonds. The van der Waals surface area contributed by atoms with E-state index in [1.807, 2.05) is 0 Å². The molecule has 4 rings (SSSR count). The summed E-state index contributed by atoms with van der Waals surface area (Å²) in [6.45, 7) is -0.0610. The van der Waals surface area contributed by atoms with Gasteiger partial charge in [-0.2, -0.15) is 0 Å². The predicted molar refractivity (Wildman–Crippen MR) is 94.3 cm³/mol. The van der Waals surface area contributed by atoms with E-state index >= 15 is 0 Å². The van der Waals surface area contributed by atoms with Crippen LogP contribution in [0.5, 0.6) is 11.5 Å². The lowest BCUT2D eigenvalue weighted by Gasteiger charge is -2.14. The van der Waals surface area contributed by atoms with Crippen molar-refractivity contribution in [1.82, 2.24) is 5.43 Å². The fraction of sp³-hybridized carbons (Fsp3) is 0.0588. The van der Waals surface area contributed by atoms with E-state index in [9.17, 15) is 19.7 Å². The standard InChI is InChI=1S/C17H10ClN3O6/c18-10-2-1-3-11(6-10)20-17(23)12(16(22)19-20)4-9-5-14-15(27-8-26-14)7-13(9)21(24)25/h1-7H,8H2,(H,19,22)/b12-4+. The van der Waals surface area contributed by atoms with Gasteiger partial charge in [0.05, 0.1) is 22.2 Å². The van der Waals surface area contributed by atoms with Gasteiger partial charge in [-0.3, -0.25) is 25.1 Å². The van der Waals surface area contributed by atoms with Crippen molar-refractivity contribution in [2.75, 3.05) is 11.8 Å². The summed E-state index contributed by atoms with van der Waals surface area (Å²) >= 11 is 5.92. The summed E-state index contributed by atoms with van der Waals surface area (Å²) in [6.07, 6.45) is 1.16. The second kappa shape index (κ2) is 6.29. The third-order valence-electron chi connectivity index (χ3n) is 3.98. The molecule has 1 fully saturated rings. The number of benzene rings is 2. The van der Waals surface area contributed by atoms with Gasteiger partial charge in [-0.25, -0.2) is 5.01 Å². The van der Waals surface area contributed by atoms with E-state index in [4.69, 9.17) is 21.1 Å². The van der Waals surface area contributed by atoms with Crippen LogP contribution < -0.4 is 19.9 Å². The predicted octanol–water partition coefficient (Wildman–Crippen LogP) is 2.44. The maximum atomic E-state index is 12.7. The highest BCUT2D eigenvalue weighted by atomic mass is 35.5. The first-order chi connectivity index (χ1) is 12.9. The van der Waals surface area contributed by atoms with E-state index in [2.05, 4.69) is 5.43 Å². The maximum Gasteiger partial charge on any atom is 0.282 e. The average Bonchev–Trinajstić information content (AvgIpc) is 3.20. The average molecular weight is 388 g/mol. The van der Waals surface area contributed by atoms with Crippen LogP contribution in [0.4, 0.5) is 11.4 Å². The minimum atomic E-state index is -0.688. The van der Waals surface area contributed by atoms with Gasteiger partial charge in [-0.15, -0.1) is 0 Å². The Kier molecular flexibility index (Phi) is 3.93. The number of hydrogen-bond acceptors (Lipinski definition) is 6. The molecule has 1 saturated heterocycles. The van der Waals surface area contributed by atoms with Crippen molar-refractivity contribution in [2.45, 2.75) is 0 Å². The number of nitro groups is 1. The van der Waals surface area contributed by atoms with Gasteiger partial charge in [0.1, 0.15) is 5.57 Å². The lowest BCUT2D eigenvalue weighted by atomic mass is 10.1. The number of carbonyl (C=O) groups is 2. The Morgan fingerprint density at radius 1 is 1.19 bits per heavy atom. The van der Waals surface area contributed by atoms with E-state index in [0.29, 0.717) is 16.5 Å². The maximum absolute atomic E-state index is 12.7. The van der Waals surface area contributed by atoms with Crippen LogP contribution in [0.3, 0.4) is 0 Å². The summed E-state index contributed by atoms with van der Waals surface area (Å²) in [4.78, 5) is 35.7. The van der Waals surface area contributed by atoms with Crippen LogP contribution in [0.1, 0.15) is 5.56 Å². The third kappa shape index (κ3) is 2.93. The van der Waals surface area contributed by atoms with Crippen molar-refractivity contribution in [3.05, 3.63) is 62.7 Å². The van der Waals surface area contributed by atoms with Gasteiger partial charge in [-0.1, -0.05) is 17.7 Å². The minimum absolute atomic E-state index is 0.0516. The zero-order chi connectivity index (χ0) is 19.1. The highest BCUT2D eigenvalue weighted by molar-refractivity contribution is 6.33. The molecule has 2 aliphatic heterocycles. The Balaban J connectivity index is 1.75. The SMILES string of the molecule is O=C1NN(c2cccc(Cl)c2)C(=O)/C1=C/c1cc2c(cc1[N+](=O)[O-])OCO2. The lowest BCUT2D eigenvalue weighted by molar-refractivity contribution is -0.385. The molecule has 1 N–H and O–H groups in total. The van der Waals surface area contributed by atoms with Gasteiger partial charge in [0.25, 0.3) is 17.5 Å². The molecular formula is C17H10ClN3O6. The molecule has 0 atom stereocenters. The van der Waals surface area contributed by atoms with E-state index in [1.54, 1.807) is 18.2 Å². The van der Waals surface area contributed by atoms with Crippen molar-refractivity contribution < 1.29 is 24.0 Å². The van der Waals surface area contributed by atoms with Gasteiger partial charge in [0, 0.05) is 5.02 Å². The normalized spacial score (nSPS) is 16.8. The number of nitrogens with one attached hydrogen (secondary N) is 1. The first-order valence-electron chi connectivity index (χ1n) is 7.65. The van der Waals surface area contributed by atoms with Gasteiger partial charge < -0.3 is 9.47 Å². The van der Waals surface area contributed by atoms with Crippen LogP contribution in [0.2, 0.25) is 5.02 Å². The smallest absolute Gasteiger partial charge is 0.282 e. The molecule has 27 heavy (non-hydrogen) atoms. The van der Waals surface area contributed by atoms with Crippen LogP contribution in [0, 0.1) is 10.1 Å². The zero-order valence-electron chi connectivity index (χ0n) is 13.5. The van der Waals surface area contributed by atoms with E-state index < -0.39 is 16.7 Å². The summed E-state index contributed by atoms with van der Waals surface area (Å²) in [6, 6.07) is 8.90. The van der Waals surface area contributed by atoms with Gasteiger partial charge in [0.2, 0.25) is 6.79 Å². The zero-order valence-corrected chi connectivity index (χ0v) is 14.2. The number of nitro benzene ring substituents is 1. The number of hydrogen-bond donors (Lipinski definition) is 1. The summed E-state index contributed by atoms with van der Waals surface area (Å²) in [7, 11) is 0. The van der Waals surface area contributed by atoms with Crippen LogP contribution in [0.25, 0.3) is 6.08 Å². The molecule has 0 bridgehead atoms. The fourth-order valence-corrected chi connectivity index (χ4v) is 2.92. The second-order valence-electron chi connectivity index (χ2n) is 5.64.